The van der Waals surface area contributed by atoms with Crippen LogP contribution in [0, 0.1) is 6.92 Å². The van der Waals surface area contributed by atoms with Crippen LogP contribution in [-0.2, 0) is 13.1 Å². The summed E-state index contributed by atoms with van der Waals surface area (Å²) in [6, 6.07) is 13.2. The van der Waals surface area contributed by atoms with E-state index in [2.05, 4.69) is 15.3 Å². The highest BCUT2D eigenvalue weighted by atomic mass is 16.2. The maximum absolute atomic E-state index is 12.2. The Morgan fingerprint density at radius 1 is 1.21 bits per heavy atom. The zero-order valence-electron chi connectivity index (χ0n) is 13.3. The van der Waals surface area contributed by atoms with Gasteiger partial charge in [0, 0.05) is 24.6 Å². The van der Waals surface area contributed by atoms with Crippen molar-refractivity contribution in [2.75, 3.05) is 0 Å². The van der Waals surface area contributed by atoms with Crippen LogP contribution in [0.4, 0.5) is 0 Å². The second-order valence-electron chi connectivity index (χ2n) is 5.52. The van der Waals surface area contributed by atoms with E-state index in [4.69, 9.17) is 0 Å². The van der Waals surface area contributed by atoms with Crippen LogP contribution in [0.5, 0.6) is 0 Å². The van der Waals surface area contributed by atoms with Crippen molar-refractivity contribution in [1.29, 1.82) is 0 Å². The highest BCUT2D eigenvalue weighted by Crippen LogP contribution is 2.05. The molecule has 0 spiro atoms. The number of benzene rings is 1. The third-order valence-electron chi connectivity index (χ3n) is 3.70. The Bertz CT molecular complexity index is 897. The van der Waals surface area contributed by atoms with Crippen molar-refractivity contribution < 1.29 is 4.79 Å². The fourth-order valence-corrected chi connectivity index (χ4v) is 2.44. The highest BCUT2D eigenvalue weighted by Gasteiger charge is 2.11. The van der Waals surface area contributed by atoms with Gasteiger partial charge in [-0.05, 0) is 24.6 Å². The van der Waals surface area contributed by atoms with E-state index in [9.17, 15) is 9.59 Å². The maximum Gasteiger partial charge on any atom is 0.260 e. The number of H-pyrrole nitrogens is 1. The molecule has 0 aliphatic carbocycles. The summed E-state index contributed by atoms with van der Waals surface area (Å²) in [5, 5.41) is 2.75. The third-order valence-corrected chi connectivity index (χ3v) is 3.70. The quantitative estimate of drug-likeness (QED) is 0.752. The van der Waals surface area contributed by atoms with Gasteiger partial charge in [-0.15, -0.1) is 0 Å². The lowest BCUT2D eigenvalue weighted by atomic mass is 10.2. The summed E-state index contributed by atoms with van der Waals surface area (Å²) in [6.07, 6.45) is 3.57. The van der Waals surface area contributed by atoms with Gasteiger partial charge in [-0.3, -0.25) is 9.59 Å². The first kappa shape index (κ1) is 15.7. The maximum atomic E-state index is 12.2. The fourth-order valence-electron chi connectivity index (χ4n) is 2.44. The molecule has 3 aromatic rings. The van der Waals surface area contributed by atoms with Crippen molar-refractivity contribution in [3.05, 3.63) is 87.9 Å². The first-order valence-electron chi connectivity index (χ1n) is 7.65. The second-order valence-corrected chi connectivity index (χ2v) is 5.52. The van der Waals surface area contributed by atoms with Crippen molar-refractivity contribution in [3.8, 4) is 0 Å². The Balaban J connectivity index is 1.68. The summed E-state index contributed by atoms with van der Waals surface area (Å²) >= 11 is 0. The van der Waals surface area contributed by atoms with Crippen molar-refractivity contribution >= 4 is 5.91 Å². The molecule has 0 aliphatic heterocycles. The molecule has 0 fully saturated rings. The van der Waals surface area contributed by atoms with Gasteiger partial charge in [0.05, 0.1) is 6.54 Å². The van der Waals surface area contributed by atoms with Crippen molar-refractivity contribution in [3.63, 3.8) is 0 Å². The van der Waals surface area contributed by atoms with Crippen LogP contribution in [0.25, 0.3) is 0 Å². The minimum absolute atomic E-state index is 0.0989. The number of aromatic nitrogens is 3. The Kier molecular flexibility index (Phi) is 4.56. The number of aromatic amines is 1. The number of amides is 1. The molecule has 0 unspecified atom stereocenters. The number of carbonyl (C=O) groups excluding carboxylic acids is 1. The Hall–Kier alpha value is -3.15. The molecule has 0 atom stereocenters. The summed E-state index contributed by atoms with van der Waals surface area (Å²) in [6.45, 7) is 2.70. The average Bonchev–Trinajstić information content (AvgIpc) is 3.00. The SMILES string of the molecule is Cc1ccc(C(=O)NCc2nccn2Cc2ccccc2)c(=O)[nH]1. The van der Waals surface area contributed by atoms with E-state index < -0.39 is 5.91 Å². The first-order valence-corrected chi connectivity index (χ1v) is 7.65. The molecule has 1 amide bonds. The summed E-state index contributed by atoms with van der Waals surface area (Å²) in [5.74, 6) is 0.321. The number of aryl methyl sites for hydroxylation is 1. The van der Waals surface area contributed by atoms with Crippen LogP contribution in [0.3, 0.4) is 0 Å². The van der Waals surface area contributed by atoms with Gasteiger partial charge >= 0.3 is 0 Å². The van der Waals surface area contributed by atoms with Crippen molar-refractivity contribution in [2.45, 2.75) is 20.0 Å². The third kappa shape index (κ3) is 3.60. The van der Waals surface area contributed by atoms with E-state index in [-0.39, 0.29) is 17.7 Å². The van der Waals surface area contributed by atoms with Crippen LogP contribution in [0.15, 0.2) is 59.7 Å². The predicted octanol–water partition coefficient (Wildman–Crippen LogP) is 1.86. The molecule has 2 heterocycles. The second kappa shape index (κ2) is 6.95. The van der Waals surface area contributed by atoms with Gasteiger partial charge in [0.25, 0.3) is 11.5 Å². The Labute approximate surface area is 139 Å². The zero-order chi connectivity index (χ0) is 16.9. The molecule has 3 rings (SSSR count). The number of carbonyl (C=O) groups is 1. The molecule has 0 saturated heterocycles. The minimum Gasteiger partial charge on any atom is -0.345 e. The molecule has 6 nitrogen and oxygen atoms in total. The number of rotatable bonds is 5. The lowest BCUT2D eigenvalue weighted by Crippen LogP contribution is -2.30. The van der Waals surface area contributed by atoms with Gasteiger partial charge in [0.1, 0.15) is 11.4 Å². The van der Waals surface area contributed by atoms with Crippen LogP contribution in [0.1, 0.15) is 27.4 Å². The molecule has 0 saturated carbocycles. The minimum atomic E-state index is -0.412. The summed E-state index contributed by atoms with van der Waals surface area (Å²) in [4.78, 5) is 30.9. The van der Waals surface area contributed by atoms with E-state index in [0.29, 0.717) is 6.54 Å². The molecule has 0 aliphatic rings. The Morgan fingerprint density at radius 2 is 2.00 bits per heavy atom. The fraction of sp³-hybridized carbons (Fsp3) is 0.167. The van der Waals surface area contributed by atoms with E-state index >= 15 is 0 Å². The lowest BCUT2D eigenvalue weighted by molar-refractivity contribution is 0.0948. The smallest absolute Gasteiger partial charge is 0.260 e. The van der Waals surface area contributed by atoms with Gasteiger partial charge in [0.2, 0.25) is 0 Å². The molecule has 2 N–H and O–H groups in total. The largest absolute Gasteiger partial charge is 0.345 e. The molecule has 0 radical (unpaired) electrons. The number of imidazole rings is 1. The van der Waals surface area contributed by atoms with E-state index in [1.54, 1.807) is 19.2 Å². The molecule has 0 bridgehead atoms. The van der Waals surface area contributed by atoms with Crippen molar-refractivity contribution in [2.24, 2.45) is 0 Å². The van der Waals surface area contributed by atoms with Crippen molar-refractivity contribution in [1.82, 2.24) is 19.9 Å². The molecule has 1 aromatic carbocycles. The number of nitrogens with one attached hydrogen (secondary N) is 2. The zero-order valence-corrected chi connectivity index (χ0v) is 13.3. The molecule has 2 aromatic heterocycles. The van der Waals surface area contributed by atoms with Crippen LogP contribution < -0.4 is 10.9 Å². The van der Waals surface area contributed by atoms with Gasteiger partial charge < -0.3 is 14.9 Å². The van der Waals surface area contributed by atoms with E-state index in [0.717, 1.165) is 17.1 Å². The highest BCUT2D eigenvalue weighted by molar-refractivity contribution is 5.93. The molecular weight excluding hydrogens is 304 g/mol. The summed E-state index contributed by atoms with van der Waals surface area (Å²) < 4.78 is 1.97. The van der Waals surface area contributed by atoms with Gasteiger partial charge in [-0.25, -0.2) is 4.98 Å². The molecular formula is C18H18N4O2. The number of nitrogens with zero attached hydrogens (tertiary/aromatic N) is 2. The topological polar surface area (TPSA) is 79.8 Å². The normalized spacial score (nSPS) is 10.5. The van der Waals surface area contributed by atoms with E-state index in [1.807, 2.05) is 41.1 Å². The number of hydrogen-bond acceptors (Lipinski definition) is 3. The monoisotopic (exact) mass is 322 g/mol. The molecule has 24 heavy (non-hydrogen) atoms. The summed E-state index contributed by atoms with van der Waals surface area (Å²) in [5.41, 5.74) is 1.58. The van der Waals surface area contributed by atoms with E-state index in [1.165, 1.54) is 6.07 Å². The standard InChI is InChI=1S/C18H18N4O2/c1-13-7-8-15(18(24)21-13)17(23)20-11-16-19-9-10-22(16)12-14-5-3-2-4-6-14/h2-10H,11-12H2,1H3,(H,20,23)(H,21,24). The van der Waals surface area contributed by atoms with Gasteiger partial charge in [-0.1, -0.05) is 30.3 Å². The van der Waals surface area contributed by atoms with Crippen LogP contribution in [0.2, 0.25) is 0 Å². The average molecular weight is 322 g/mol. The van der Waals surface area contributed by atoms with Gasteiger partial charge in [-0.2, -0.15) is 0 Å². The molecule has 122 valence electrons. The number of pyridine rings is 1. The first-order chi connectivity index (χ1) is 11.6. The summed E-state index contributed by atoms with van der Waals surface area (Å²) in [7, 11) is 0. The lowest BCUT2D eigenvalue weighted by Gasteiger charge is -2.09. The number of hydrogen-bond donors (Lipinski definition) is 2. The van der Waals surface area contributed by atoms with Gasteiger partial charge in [0.15, 0.2) is 0 Å². The predicted molar refractivity (Wildman–Crippen MR) is 90.7 cm³/mol. The Morgan fingerprint density at radius 3 is 2.75 bits per heavy atom. The van der Waals surface area contributed by atoms with Crippen LogP contribution in [-0.4, -0.2) is 20.4 Å². The van der Waals surface area contributed by atoms with Crippen LogP contribution >= 0.6 is 0 Å². The molecule has 6 heteroatoms.